The lowest BCUT2D eigenvalue weighted by atomic mass is 9.99. The number of anilines is 4. The summed E-state index contributed by atoms with van der Waals surface area (Å²) in [5, 5.41) is 6.65. The summed E-state index contributed by atoms with van der Waals surface area (Å²) in [4.78, 5) is 20.2. The van der Waals surface area contributed by atoms with Gasteiger partial charge in [-0.05, 0) is 97.6 Å². The molecule has 1 aliphatic heterocycles. The van der Waals surface area contributed by atoms with Gasteiger partial charge in [0.1, 0.15) is 5.52 Å². The fraction of sp³-hybridized carbons (Fsp3) is 0.0870. The molecule has 0 fully saturated rings. The van der Waals surface area contributed by atoms with Gasteiger partial charge in [-0.2, -0.15) is 0 Å². The first-order valence-electron chi connectivity index (χ1n) is 17.8. The number of para-hydroxylation sites is 4. The Morgan fingerprint density at radius 2 is 1.47 bits per heavy atom. The topological polar surface area (TPSA) is 79.6 Å². The average molecular weight is 693 g/mol. The van der Waals surface area contributed by atoms with E-state index < -0.39 is 0 Å². The monoisotopic (exact) mass is 692 g/mol. The summed E-state index contributed by atoms with van der Waals surface area (Å²) in [6, 6.07) is 48.9. The molecule has 1 atom stereocenters. The van der Waals surface area contributed by atoms with E-state index in [-0.39, 0.29) is 12.1 Å². The number of aryl methyl sites for hydroxylation is 1. The number of carbonyl (C=O) groups excluding carboxylic acids is 1. The van der Waals surface area contributed by atoms with Crippen LogP contribution in [0.5, 0.6) is 5.75 Å². The standard InChI is InChI=1S/C46H36N4O3/c1-30-10-5-6-14-39(30)47-44(51)32-18-24-35(25-19-32)50(36-26-20-33(21-27-36)45-48-40-15-7-8-17-42(40)52-45)37-28-22-34(23-29-37)46-49-41-16-9-13-38(43(41)53-46)31-11-3-2-4-12-31/h2-18,20-24,26-29,46,49H,19,25H2,1H3,(H,47,51). The zero-order valence-corrected chi connectivity index (χ0v) is 29.1. The van der Waals surface area contributed by atoms with Gasteiger partial charge in [0.2, 0.25) is 5.89 Å². The zero-order chi connectivity index (χ0) is 35.7. The van der Waals surface area contributed by atoms with Crippen molar-refractivity contribution >= 4 is 39.8 Å². The van der Waals surface area contributed by atoms with Crippen LogP contribution in [0.1, 0.15) is 30.2 Å². The van der Waals surface area contributed by atoms with E-state index in [4.69, 9.17) is 14.1 Å². The molecule has 0 spiro atoms. The summed E-state index contributed by atoms with van der Waals surface area (Å²) in [7, 11) is 0. The number of carbonyl (C=O) groups is 1. The number of fused-ring (bicyclic) bond motifs is 2. The summed E-state index contributed by atoms with van der Waals surface area (Å²) in [6.07, 6.45) is 4.98. The molecule has 0 saturated heterocycles. The number of allylic oxidation sites excluding steroid dienone is 3. The summed E-state index contributed by atoms with van der Waals surface area (Å²) < 4.78 is 12.6. The molecule has 0 saturated carbocycles. The molecule has 2 aliphatic rings. The van der Waals surface area contributed by atoms with E-state index in [0.717, 1.165) is 78.7 Å². The van der Waals surface area contributed by atoms with Crippen LogP contribution in [-0.2, 0) is 4.79 Å². The quantitative estimate of drug-likeness (QED) is 0.165. The van der Waals surface area contributed by atoms with Gasteiger partial charge in [0.15, 0.2) is 17.6 Å². The molecule has 0 radical (unpaired) electrons. The molecule has 0 bridgehead atoms. The zero-order valence-electron chi connectivity index (χ0n) is 29.1. The van der Waals surface area contributed by atoms with Gasteiger partial charge in [0.25, 0.3) is 5.91 Å². The van der Waals surface area contributed by atoms with Crippen LogP contribution in [0.4, 0.5) is 22.7 Å². The van der Waals surface area contributed by atoms with Crippen LogP contribution >= 0.6 is 0 Å². The van der Waals surface area contributed by atoms with Gasteiger partial charge >= 0.3 is 0 Å². The predicted octanol–water partition coefficient (Wildman–Crippen LogP) is 11.4. The number of rotatable bonds is 8. The maximum absolute atomic E-state index is 13.3. The third-order valence-corrected chi connectivity index (χ3v) is 9.84. The molecule has 258 valence electrons. The molecule has 1 aliphatic carbocycles. The number of hydrogen-bond donors (Lipinski definition) is 2. The maximum Gasteiger partial charge on any atom is 0.251 e. The highest BCUT2D eigenvalue weighted by molar-refractivity contribution is 6.04. The van der Waals surface area contributed by atoms with Crippen molar-refractivity contribution in [3.8, 4) is 28.3 Å². The van der Waals surface area contributed by atoms with Crippen molar-refractivity contribution in [2.24, 2.45) is 0 Å². The Morgan fingerprint density at radius 3 is 2.23 bits per heavy atom. The van der Waals surface area contributed by atoms with Crippen molar-refractivity contribution < 1.29 is 13.9 Å². The number of nitrogens with zero attached hydrogens (tertiary/aromatic N) is 2. The van der Waals surface area contributed by atoms with Crippen LogP contribution in [0.3, 0.4) is 0 Å². The second-order valence-electron chi connectivity index (χ2n) is 13.3. The Kier molecular flexibility index (Phi) is 8.29. The molecule has 7 nitrogen and oxygen atoms in total. The molecule has 7 aromatic rings. The highest BCUT2D eigenvalue weighted by atomic mass is 16.5. The summed E-state index contributed by atoms with van der Waals surface area (Å²) in [5.41, 5.74) is 12.3. The van der Waals surface area contributed by atoms with Crippen molar-refractivity contribution in [2.75, 3.05) is 15.5 Å². The minimum atomic E-state index is -0.320. The number of amides is 1. The van der Waals surface area contributed by atoms with Crippen molar-refractivity contribution in [1.82, 2.24) is 4.98 Å². The molecule has 1 aromatic heterocycles. The lowest BCUT2D eigenvalue weighted by Gasteiger charge is -2.30. The SMILES string of the molecule is Cc1ccccc1NC(=O)C1=CC=C(N(c2ccc(-c3nc4ccccc4o3)cc2)c2ccc(C3Nc4cccc(-c5ccccc5)c4O3)cc2)CC1. The minimum Gasteiger partial charge on any atom is -0.464 e. The van der Waals surface area contributed by atoms with Crippen molar-refractivity contribution in [2.45, 2.75) is 26.0 Å². The molecule has 53 heavy (non-hydrogen) atoms. The Balaban J connectivity index is 1.01. The van der Waals surface area contributed by atoms with Gasteiger partial charge in [-0.3, -0.25) is 4.79 Å². The van der Waals surface area contributed by atoms with Crippen molar-refractivity contribution in [3.05, 3.63) is 180 Å². The van der Waals surface area contributed by atoms with Gasteiger partial charge in [-0.15, -0.1) is 0 Å². The predicted molar refractivity (Wildman–Crippen MR) is 212 cm³/mol. The van der Waals surface area contributed by atoms with E-state index in [0.29, 0.717) is 18.7 Å². The highest BCUT2D eigenvalue weighted by Gasteiger charge is 2.27. The largest absolute Gasteiger partial charge is 0.464 e. The van der Waals surface area contributed by atoms with Crippen molar-refractivity contribution in [1.29, 1.82) is 0 Å². The summed E-state index contributed by atoms with van der Waals surface area (Å²) in [6.45, 7) is 2.00. The smallest absolute Gasteiger partial charge is 0.251 e. The number of hydrogen-bond acceptors (Lipinski definition) is 6. The van der Waals surface area contributed by atoms with Crippen molar-refractivity contribution in [3.63, 3.8) is 0 Å². The van der Waals surface area contributed by atoms with Crippen LogP contribution in [0, 0.1) is 6.92 Å². The normalized spacial score (nSPS) is 14.8. The van der Waals surface area contributed by atoms with Crippen LogP contribution in [0.25, 0.3) is 33.7 Å². The van der Waals surface area contributed by atoms with Crippen LogP contribution in [0.2, 0.25) is 0 Å². The molecule has 1 unspecified atom stereocenters. The lowest BCUT2D eigenvalue weighted by Crippen LogP contribution is -2.21. The lowest BCUT2D eigenvalue weighted by molar-refractivity contribution is -0.113. The van der Waals surface area contributed by atoms with E-state index in [9.17, 15) is 4.79 Å². The molecule has 2 N–H and O–H groups in total. The Bertz CT molecular complexity index is 2480. The van der Waals surface area contributed by atoms with E-state index in [1.807, 2.05) is 91.9 Å². The maximum atomic E-state index is 13.3. The second kappa shape index (κ2) is 13.7. The summed E-state index contributed by atoms with van der Waals surface area (Å²) in [5.74, 6) is 1.36. The summed E-state index contributed by atoms with van der Waals surface area (Å²) >= 11 is 0. The molecular formula is C46H36N4O3. The molecule has 6 aromatic carbocycles. The Hall–Kier alpha value is -6.86. The Labute approximate surface area is 307 Å². The van der Waals surface area contributed by atoms with Crippen LogP contribution in [-0.4, -0.2) is 10.9 Å². The van der Waals surface area contributed by atoms with Crippen LogP contribution < -0.4 is 20.3 Å². The second-order valence-corrected chi connectivity index (χ2v) is 13.3. The van der Waals surface area contributed by atoms with Crippen LogP contribution in [0.15, 0.2) is 173 Å². The molecule has 1 amide bonds. The molecule has 7 heteroatoms. The van der Waals surface area contributed by atoms with E-state index in [1.165, 1.54) is 0 Å². The third kappa shape index (κ3) is 6.34. The van der Waals surface area contributed by atoms with E-state index >= 15 is 0 Å². The first kappa shape index (κ1) is 32.1. The van der Waals surface area contributed by atoms with Gasteiger partial charge in [-0.1, -0.05) is 91.0 Å². The minimum absolute atomic E-state index is 0.0753. The van der Waals surface area contributed by atoms with E-state index in [2.05, 4.69) is 88.3 Å². The molecule has 2 heterocycles. The average Bonchev–Trinajstić information content (AvgIpc) is 3.85. The first-order valence-corrected chi connectivity index (χ1v) is 17.8. The Morgan fingerprint density at radius 1 is 0.736 bits per heavy atom. The highest BCUT2D eigenvalue weighted by Crippen LogP contribution is 2.45. The molecular weight excluding hydrogens is 657 g/mol. The fourth-order valence-electron chi connectivity index (χ4n) is 7.01. The van der Waals surface area contributed by atoms with Gasteiger partial charge < -0.3 is 24.7 Å². The fourth-order valence-corrected chi connectivity index (χ4v) is 7.01. The first-order chi connectivity index (χ1) is 26.1. The number of oxazole rings is 1. The van der Waals surface area contributed by atoms with Gasteiger partial charge in [0.05, 0.1) is 5.69 Å². The number of ether oxygens (including phenoxy) is 1. The van der Waals surface area contributed by atoms with E-state index in [1.54, 1.807) is 0 Å². The third-order valence-electron chi connectivity index (χ3n) is 9.84. The number of nitrogens with one attached hydrogen (secondary N) is 2. The number of aromatic nitrogens is 1. The van der Waals surface area contributed by atoms with Gasteiger partial charge in [0, 0.05) is 45.0 Å². The molecule has 9 rings (SSSR count). The number of benzene rings is 6. The van der Waals surface area contributed by atoms with Gasteiger partial charge in [-0.25, -0.2) is 4.98 Å².